The van der Waals surface area contributed by atoms with Gasteiger partial charge in [0.2, 0.25) is 0 Å². The third kappa shape index (κ3) is 3.84. The molecule has 5 nitrogen and oxygen atoms in total. The van der Waals surface area contributed by atoms with Gasteiger partial charge in [-0.15, -0.1) is 0 Å². The second-order valence-corrected chi connectivity index (χ2v) is 6.08. The Hall–Kier alpha value is -0.910. The standard InChI is InChI=1S/C16H26O5/c1-2-3-4-5-6-10(17)14-9-13(20)15-11(18)7-8-12(19)16(15)21-14/h10,12-14,17,19-20H,2-9H2,1H3/t10-,12-,13+,14-/m1/s1. The quantitative estimate of drug-likeness (QED) is 0.646. The van der Waals surface area contributed by atoms with Gasteiger partial charge in [0, 0.05) is 12.8 Å². The van der Waals surface area contributed by atoms with Gasteiger partial charge in [-0.1, -0.05) is 32.6 Å². The van der Waals surface area contributed by atoms with E-state index < -0.39 is 24.4 Å². The van der Waals surface area contributed by atoms with Crippen molar-refractivity contribution in [2.24, 2.45) is 0 Å². The number of rotatable bonds is 6. The second kappa shape index (κ2) is 7.38. The number of hydrogen-bond donors (Lipinski definition) is 3. The first-order valence-corrected chi connectivity index (χ1v) is 8.02. The maximum atomic E-state index is 11.8. The van der Waals surface area contributed by atoms with Crippen LogP contribution in [-0.4, -0.2) is 45.5 Å². The van der Waals surface area contributed by atoms with Crippen molar-refractivity contribution in [1.82, 2.24) is 0 Å². The summed E-state index contributed by atoms with van der Waals surface area (Å²) in [4.78, 5) is 11.8. The predicted octanol–water partition coefficient (Wildman–Crippen LogP) is 1.45. The Morgan fingerprint density at radius 1 is 1.24 bits per heavy atom. The molecule has 0 aromatic carbocycles. The summed E-state index contributed by atoms with van der Waals surface area (Å²) in [7, 11) is 0. The third-order valence-electron chi connectivity index (χ3n) is 4.36. The largest absolute Gasteiger partial charge is 0.489 e. The van der Waals surface area contributed by atoms with E-state index in [2.05, 4.69) is 6.92 Å². The first-order valence-electron chi connectivity index (χ1n) is 8.02. The highest BCUT2D eigenvalue weighted by molar-refractivity contribution is 5.98. The number of ketones is 1. The number of aliphatic hydroxyl groups excluding tert-OH is 3. The Kier molecular flexibility index (Phi) is 5.79. The van der Waals surface area contributed by atoms with Crippen molar-refractivity contribution in [1.29, 1.82) is 0 Å². The van der Waals surface area contributed by atoms with Crippen molar-refractivity contribution in [3.63, 3.8) is 0 Å². The lowest BCUT2D eigenvalue weighted by Crippen LogP contribution is -2.43. The second-order valence-electron chi connectivity index (χ2n) is 6.08. The smallest absolute Gasteiger partial charge is 0.165 e. The molecule has 0 aromatic rings. The monoisotopic (exact) mass is 298 g/mol. The molecule has 1 heterocycles. The van der Waals surface area contributed by atoms with Gasteiger partial charge in [-0.3, -0.25) is 4.79 Å². The summed E-state index contributed by atoms with van der Waals surface area (Å²) < 4.78 is 5.66. The van der Waals surface area contributed by atoms with Gasteiger partial charge >= 0.3 is 0 Å². The Balaban J connectivity index is 1.98. The summed E-state index contributed by atoms with van der Waals surface area (Å²) in [6, 6.07) is 0. The molecule has 5 heteroatoms. The van der Waals surface area contributed by atoms with Gasteiger partial charge in [0.05, 0.1) is 17.8 Å². The summed E-state index contributed by atoms with van der Waals surface area (Å²) in [5.74, 6) is 0.0290. The molecule has 3 N–H and O–H groups in total. The first kappa shape index (κ1) is 16.5. The molecule has 0 saturated carbocycles. The molecular weight excluding hydrogens is 272 g/mol. The Morgan fingerprint density at radius 2 is 2.00 bits per heavy atom. The van der Waals surface area contributed by atoms with Crippen molar-refractivity contribution in [2.75, 3.05) is 0 Å². The number of hydrogen-bond acceptors (Lipinski definition) is 5. The van der Waals surface area contributed by atoms with E-state index in [-0.39, 0.29) is 30.0 Å². The topological polar surface area (TPSA) is 87.0 Å². The number of carbonyl (C=O) groups is 1. The molecule has 120 valence electrons. The summed E-state index contributed by atoms with van der Waals surface area (Å²) in [6.45, 7) is 2.13. The van der Waals surface area contributed by atoms with E-state index in [9.17, 15) is 20.1 Å². The zero-order chi connectivity index (χ0) is 15.4. The fourth-order valence-corrected chi connectivity index (χ4v) is 3.09. The SMILES string of the molecule is CCCCCC[C@@H](O)[C@H]1C[C@H](O)C2=C(O1)[C@H](O)CCC2=O. The molecule has 0 amide bonds. The zero-order valence-corrected chi connectivity index (χ0v) is 12.6. The van der Waals surface area contributed by atoms with Crippen LogP contribution >= 0.6 is 0 Å². The molecule has 2 rings (SSSR count). The van der Waals surface area contributed by atoms with Crippen LogP contribution in [0.2, 0.25) is 0 Å². The summed E-state index contributed by atoms with van der Waals surface area (Å²) in [5.41, 5.74) is 0.211. The molecule has 0 spiro atoms. The van der Waals surface area contributed by atoms with Gasteiger partial charge in [0.1, 0.15) is 18.0 Å². The van der Waals surface area contributed by atoms with Crippen molar-refractivity contribution in [3.8, 4) is 0 Å². The highest BCUT2D eigenvalue weighted by Gasteiger charge is 2.40. The third-order valence-corrected chi connectivity index (χ3v) is 4.36. The van der Waals surface area contributed by atoms with Gasteiger partial charge < -0.3 is 20.1 Å². The maximum absolute atomic E-state index is 11.8. The fraction of sp³-hybridized carbons (Fsp3) is 0.812. The maximum Gasteiger partial charge on any atom is 0.165 e. The van der Waals surface area contributed by atoms with Crippen LogP contribution in [0.5, 0.6) is 0 Å². The highest BCUT2D eigenvalue weighted by atomic mass is 16.5. The number of unbranched alkanes of at least 4 members (excludes halogenated alkanes) is 3. The minimum absolute atomic E-state index is 0.154. The van der Waals surface area contributed by atoms with E-state index in [1.165, 1.54) is 0 Å². The average molecular weight is 298 g/mol. The molecule has 0 aromatic heterocycles. The molecule has 21 heavy (non-hydrogen) atoms. The predicted molar refractivity (Wildman–Crippen MR) is 77.5 cm³/mol. The molecule has 4 atom stereocenters. The van der Waals surface area contributed by atoms with Crippen LogP contribution in [0.25, 0.3) is 0 Å². The lowest BCUT2D eigenvalue weighted by molar-refractivity contribution is -0.123. The number of carbonyl (C=O) groups excluding carboxylic acids is 1. The number of aliphatic hydroxyl groups is 3. The lowest BCUT2D eigenvalue weighted by atomic mass is 9.85. The van der Waals surface area contributed by atoms with E-state index in [4.69, 9.17) is 4.74 Å². The van der Waals surface area contributed by atoms with E-state index in [0.29, 0.717) is 12.8 Å². The number of Topliss-reactive ketones (excluding diaryl/α,β-unsaturated/α-hetero) is 1. The van der Waals surface area contributed by atoms with E-state index in [1.54, 1.807) is 0 Å². The molecule has 0 saturated heterocycles. The lowest BCUT2D eigenvalue weighted by Gasteiger charge is -2.37. The summed E-state index contributed by atoms with van der Waals surface area (Å²) >= 11 is 0. The Morgan fingerprint density at radius 3 is 2.71 bits per heavy atom. The van der Waals surface area contributed by atoms with Gasteiger partial charge in [0.15, 0.2) is 5.78 Å². The average Bonchev–Trinajstić information content (AvgIpc) is 2.46. The molecule has 0 bridgehead atoms. The van der Waals surface area contributed by atoms with Gasteiger partial charge in [0.25, 0.3) is 0 Å². The van der Waals surface area contributed by atoms with Crippen LogP contribution in [0.3, 0.4) is 0 Å². The number of ether oxygens (including phenoxy) is 1. The van der Waals surface area contributed by atoms with Gasteiger partial charge in [-0.2, -0.15) is 0 Å². The molecule has 0 radical (unpaired) electrons. The van der Waals surface area contributed by atoms with Crippen LogP contribution in [-0.2, 0) is 9.53 Å². The molecule has 0 fully saturated rings. The molecule has 1 aliphatic carbocycles. The van der Waals surface area contributed by atoms with Gasteiger partial charge in [-0.05, 0) is 12.8 Å². The van der Waals surface area contributed by atoms with Crippen LogP contribution in [0, 0.1) is 0 Å². The minimum Gasteiger partial charge on any atom is -0.489 e. The molecule has 2 aliphatic rings. The summed E-state index contributed by atoms with van der Waals surface area (Å²) in [5, 5.41) is 30.3. The van der Waals surface area contributed by atoms with Crippen LogP contribution < -0.4 is 0 Å². The van der Waals surface area contributed by atoms with Crippen molar-refractivity contribution < 1.29 is 24.9 Å². The van der Waals surface area contributed by atoms with Crippen LogP contribution in [0.4, 0.5) is 0 Å². The Bertz CT molecular complexity index is 403. The van der Waals surface area contributed by atoms with Crippen molar-refractivity contribution >= 4 is 5.78 Å². The molecule has 1 aliphatic heterocycles. The highest BCUT2D eigenvalue weighted by Crippen LogP contribution is 2.34. The molecule has 0 unspecified atom stereocenters. The van der Waals surface area contributed by atoms with Crippen LogP contribution in [0.15, 0.2) is 11.3 Å². The van der Waals surface area contributed by atoms with Crippen LogP contribution in [0.1, 0.15) is 58.3 Å². The first-order chi connectivity index (χ1) is 10.0. The van der Waals surface area contributed by atoms with E-state index >= 15 is 0 Å². The fourth-order valence-electron chi connectivity index (χ4n) is 3.09. The Labute approximate surface area is 125 Å². The summed E-state index contributed by atoms with van der Waals surface area (Å²) in [6.07, 6.45) is 2.66. The van der Waals surface area contributed by atoms with Crippen molar-refractivity contribution in [2.45, 2.75) is 82.7 Å². The molecular formula is C16H26O5. The normalized spacial score (nSPS) is 30.9. The van der Waals surface area contributed by atoms with E-state index in [0.717, 1.165) is 25.7 Å². The zero-order valence-electron chi connectivity index (χ0n) is 12.6. The van der Waals surface area contributed by atoms with E-state index in [1.807, 2.05) is 0 Å². The van der Waals surface area contributed by atoms with Gasteiger partial charge in [-0.25, -0.2) is 0 Å². The van der Waals surface area contributed by atoms with Crippen molar-refractivity contribution in [3.05, 3.63) is 11.3 Å². The minimum atomic E-state index is -0.938.